The summed E-state index contributed by atoms with van der Waals surface area (Å²) < 4.78 is 25.9. The minimum Gasteiger partial charge on any atom is -0.489 e. The molecule has 3 heterocycles. The third kappa shape index (κ3) is 4.03. The summed E-state index contributed by atoms with van der Waals surface area (Å²) in [6, 6.07) is 22.4. The molecular formula is C29H18ClFN2O4. The number of aromatic nitrogens is 1. The molecule has 0 spiro atoms. The average molecular weight is 513 g/mol. The van der Waals surface area contributed by atoms with Gasteiger partial charge in [-0.15, -0.1) is 0 Å². The van der Waals surface area contributed by atoms with Crippen LogP contribution in [0, 0.1) is 5.82 Å². The molecule has 182 valence electrons. The Bertz CT molecular complexity index is 1720. The van der Waals surface area contributed by atoms with Gasteiger partial charge in [-0.3, -0.25) is 14.5 Å². The second-order valence-corrected chi connectivity index (χ2v) is 8.94. The molecular weight excluding hydrogens is 495 g/mol. The van der Waals surface area contributed by atoms with Gasteiger partial charge in [0.05, 0.1) is 17.0 Å². The van der Waals surface area contributed by atoms with Crippen molar-refractivity contribution in [1.29, 1.82) is 0 Å². The van der Waals surface area contributed by atoms with E-state index in [4.69, 9.17) is 20.8 Å². The first-order valence-electron chi connectivity index (χ1n) is 11.5. The number of amides is 1. The molecule has 0 fully saturated rings. The number of anilines is 1. The number of hydrogen-bond donors (Lipinski definition) is 0. The fraction of sp³-hybridized carbons (Fsp3) is 0.0690. The molecule has 2 aromatic heterocycles. The number of carbonyl (C=O) groups excluding carboxylic acids is 1. The number of rotatable bonds is 5. The second-order valence-electron chi connectivity index (χ2n) is 8.53. The average Bonchev–Trinajstić information content (AvgIpc) is 3.22. The van der Waals surface area contributed by atoms with Gasteiger partial charge < -0.3 is 9.15 Å². The van der Waals surface area contributed by atoms with Crippen molar-refractivity contribution >= 4 is 34.3 Å². The van der Waals surface area contributed by atoms with E-state index in [1.165, 1.54) is 17.0 Å². The van der Waals surface area contributed by atoms with Gasteiger partial charge in [-0.2, -0.15) is 0 Å². The number of ether oxygens (including phenoxy) is 1. The van der Waals surface area contributed by atoms with E-state index < -0.39 is 23.2 Å². The van der Waals surface area contributed by atoms with Crippen molar-refractivity contribution < 1.29 is 18.3 Å². The highest BCUT2D eigenvalue weighted by Gasteiger charge is 2.44. The van der Waals surface area contributed by atoms with Crippen LogP contribution in [0.3, 0.4) is 0 Å². The summed E-state index contributed by atoms with van der Waals surface area (Å²) in [5.74, 6) is -0.305. The maximum absolute atomic E-state index is 14.0. The fourth-order valence-electron chi connectivity index (χ4n) is 4.54. The highest BCUT2D eigenvalue weighted by Crippen LogP contribution is 2.41. The Morgan fingerprint density at radius 1 is 0.973 bits per heavy atom. The Morgan fingerprint density at radius 2 is 1.81 bits per heavy atom. The number of halogens is 2. The molecule has 1 aliphatic heterocycles. The molecule has 5 aromatic rings. The van der Waals surface area contributed by atoms with Crippen LogP contribution in [-0.4, -0.2) is 10.9 Å². The summed E-state index contributed by atoms with van der Waals surface area (Å²) in [5.41, 5.74) is 1.21. The Hall–Kier alpha value is -4.49. The van der Waals surface area contributed by atoms with Gasteiger partial charge in [0.2, 0.25) is 5.76 Å². The van der Waals surface area contributed by atoms with Gasteiger partial charge in [0, 0.05) is 16.8 Å². The number of hydrogen-bond acceptors (Lipinski definition) is 5. The maximum Gasteiger partial charge on any atom is 0.296 e. The summed E-state index contributed by atoms with van der Waals surface area (Å²) in [4.78, 5) is 33.0. The number of nitrogens with zero attached hydrogens (tertiary/aromatic N) is 2. The monoisotopic (exact) mass is 512 g/mol. The smallest absolute Gasteiger partial charge is 0.296 e. The lowest BCUT2D eigenvalue weighted by Crippen LogP contribution is -2.30. The van der Waals surface area contributed by atoms with Crippen LogP contribution < -0.4 is 15.1 Å². The van der Waals surface area contributed by atoms with Crippen LogP contribution in [0.2, 0.25) is 5.02 Å². The summed E-state index contributed by atoms with van der Waals surface area (Å²) in [7, 11) is 0. The van der Waals surface area contributed by atoms with E-state index >= 15 is 0 Å². The summed E-state index contributed by atoms with van der Waals surface area (Å²) in [6.07, 6.45) is 1.56. The first-order chi connectivity index (χ1) is 18.0. The molecule has 6 nitrogen and oxygen atoms in total. The van der Waals surface area contributed by atoms with Gasteiger partial charge >= 0.3 is 0 Å². The number of carbonyl (C=O) groups is 1. The predicted octanol–water partition coefficient (Wildman–Crippen LogP) is 6.31. The molecule has 1 atom stereocenters. The Kier molecular flexibility index (Phi) is 5.70. The number of fused-ring (bicyclic) bond motifs is 2. The van der Waals surface area contributed by atoms with Crippen LogP contribution in [-0.2, 0) is 6.61 Å². The van der Waals surface area contributed by atoms with E-state index in [0.717, 1.165) is 11.6 Å². The van der Waals surface area contributed by atoms with E-state index in [1.54, 1.807) is 54.7 Å². The minimum atomic E-state index is -0.856. The molecule has 0 radical (unpaired) electrons. The zero-order valence-corrected chi connectivity index (χ0v) is 20.0. The molecule has 0 aliphatic carbocycles. The molecule has 37 heavy (non-hydrogen) atoms. The summed E-state index contributed by atoms with van der Waals surface area (Å²) >= 11 is 6.26. The standard InChI is InChI=1S/C29H18ClFN2O4/c30-22-9-2-1-6-18(22)16-36-20-8-5-7-17(14-20)26-25-27(34)21-15-19(31)11-12-23(21)37-28(25)29(35)33(26)24-10-3-4-13-32-24/h1-15,26H,16H2. The lowest BCUT2D eigenvalue weighted by Gasteiger charge is -2.24. The Labute approximate surface area is 215 Å². The SMILES string of the molecule is O=C1c2oc3ccc(F)cc3c(=O)c2C(c2cccc(OCc3ccccc3Cl)c2)N1c1ccccn1. The van der Waals surface area contributed by atoms with Crippen molar-refractivity contribution in [3.8, 4) is 5.75 Å². The third-order valence-corrected chi connectivity index (χ3v) is 6.62. The van der Waals surface area contributed by atoms with Gasteiger partial charge in [0.25, 0.3) is 5.91 Å². The molecule has 1 unspecified atom stereocenters. The van der Waals surface area contributed by atoms with Crippen molar-refractivity contribution in [2.45, 2.75) is 12.6 Å². The lowest BCUT2D eigenvalue weighted by molar-refractivity contribution is 0.0970. The number of pyridine rings is 1. The summed E-state index contributed by atoms with van der Waals surface area (Å²) in [5, 5.41) is 0.651. The van der Waals surface area contributed by atoms with Crippen LogP contribution in [0.1, 0.15) is 33.3 Å². The second kappa shape index (κ2) is 9.19. The largest absolute Gasteiger partial charge is 0.489 e. The Morgan fingerprint density at radius 3 is 2.62 bits per heavy atom. The first kappa shape index (κ1) is 22.9. The quantitative estimate of drug-likeness (QED) is 0.276. The predicted molar refractivity (Wildman–Crippen MR) is 138 cm³/mol. The zero-order valence-electron chi connectivity index (χ0n) is 19.2. The molecule has 6 rings (SSSR count). The van der Waals surface area contributed by atoms with Crippen molar-refractivity contribution in [2.75, 3.05) is 4.90 Å². The van der Waals surface area contributed by atoms with E-state index in [2.05, 4.69) is 4.98 Å². The van der Waals surface area contributed by atoms with Crippen molar-refractivity contribution in [3.63, 3.8) is 0 Å². The fourth-order valence-corrected chi connectivity index (χ4v) is 4.73. The number of benzene rings is 3. The van der Waals surface area contributed by atoms with Crippen LogP contribution in [0.15, 0.2) is 100 Å². The molecule has 1 aliphatic rings. The topological polar surface area (TPSA) is 72.6 Å². The zero-order chi connectivity index (χ0) is 25.5. The molecule has 0 saturated heterocycles. The third-order valence-electron chi connectivity index (χ3n) is 6.25. The van der Waals surface area contributed by atoms with Crippen LogP contribution in [0.4, 0.5) is 10.2 Å². The van der Waals surface area contributed by atoms with Crippen LogP contribution in [0.5, 0.6) is 5.75 Å². The van der Waals surface area contributed by atoms with Gasteiger partial charge in [-0.05, 0) is 54.1 Å². The molecule has 8 heteroatoms. The van der Waals surface area contributed by atoms with E-state index in [9.17, 15) is 14.0 Å². The van der Waals surface area contributed by atoms with Crippen molar-refractivity contribution in [3.05, 3.63) is 135 Å². The van der Waals surface area contributed by atoms with Gasteiger partial charge in [0.15, 0.2) is 5.43 Å². The molecule has 0 saturated carbocycles. The van der Waals surface area contributed by atoms with E-state index in [0.29, 0.717) is 22.2 Å². The minimum absolute atomic E-state index is 0.0607. The highest BCUT2D eigenvalue weighted by atomic mass is 35.5. The molecule has 3 aromatic carbocycles. The highest BCUT2D eigenvalue weighted by molar-refractivity contribution is 6.31. The van der Waals surface area contributed by atoms with Crippen LogP contribution >= 0.6 is 11.6 Å². The van der Waals surface area contributed by atoms with E-state index in [1.807, 2.05) is 18.2 Å². The molecule has 0 bridgehead atoms. The van der Waals surface area contributed by atoms with E-state index in [-0.39, 0.29) is 28.9 Å². The van der Waals surface area contributed by atoms with Gasteiger partial charge in [-0.1, -0.05) is 48.0 Å². The van der Waals surface area contributed by atoms with Crippen LogP contribution in [0.25, 0.3) is 11.0 Å². The maximum atomic E-state index is 14.0. The normalized spacial score (nSPS) is 14.7. The summed E-state index contributed by atoms with van der Waals surface area (Å²) in [6.45, 7) is 0.235. The Balaban J connectivity index is 1.48. The lowest BCUT2D eigenvalue weighted by atomic mass is 9.98. The van der Waals surface area contributed by atoms with Crippen molar-refractivity contribution in [1.82, 2.24) is 4.98 Å². The molecule has 0 N–H and O–H groups in total. The first-order valence-corrected chi connectivity index (χ1v) is 11.9. The van der Waals surface area contributed by atoms with Gasteiger partial charge in [0.1, 0.15) is 29.6 Å². The van der Waals surface area contributed by atoms with Gasteiger partial charge in [-0.25, -0.2) is 9.37 Å². The molecule has 1 amide bonds. The van der Waals surface area contributed by atoms with Crippen molar-refractivity contribution in [2.24, 2.45) is 0 Å².